The third kappa shape index (κ3) is 4.43. The van der Waals surface area contributed by atoms with Crippen LogP contribution in [0.5, 0.6) is 0 Å². The van der Waals surface area contributed by atoms with Gasteiger partial charge in [0.1, 0.15) is 0 Å². The van der Waals surface area contributed by atoms with Gasteiger partial charge < -0.3 is 10.2 Å². The zero-order valence-corrected chi connectivity index (χ0v) is 14.2. The topological polar surface area (TPSA) is 18.5 Å². The highest BCUT2D eigenvalue weighted by Crippen LogP contribution is 2.24. The lowest BCUT2D eigenvalue weighted by Crippen LogP contribution is -2.53. The lowest BCUT2D eigenvalue weighted by molar-refractivity contribution is 0.0592. The van der Waals surface area contributed by atoms with Crippen molar-refractivity contribution in [3.8, 4) is 0 Å². The van der Waals surface area contributed by atoms with E-state index in [1.807, 2.05) is 0 Å². The quantitative estimate of drug-likeness (QED) is 0.812. The summed E-state index contributed by atoms with van der Waals surface area (Å²) in [7, 11) is 0. The van der Waals surface area contributed by atoms with Crippen LogP contribution in [0, 0.1) is 5.92 Å². The molecule has 3 nitrogen and oxygen atoms in total. The summed E-state index contributed by atoms with van der Waals surface area (Å²) in [6.45, 7) is 11.4. The normalized spacial score (nSPS) is 28.1. The van der Waals surface area contributed by atoms with Crippen LogP contribution in [0.2, 0.25) is 0 Å². The molecule has 1 atom stereocenters. The summed E-state index contributed by atoms with van der Waals surface area (Å²) in [4.78, 5) is 5.56. The Morgan fingerprint density at radius 1 is 0.905 bits per heavy atom. The molecule has 21 heavy (non-hydrogen) atoms. The third-order valence-corrected chi connectivity index (χ3v) is 5.84. The van der Waals surface area contributed by atoms with Gasteiger partial charge in [-0.15, -0.1) is 0 Å². The predicted octanol–water partition coefficient (Wildman–Crippen LogP) is 2.71. The molecule has 1 saturated carbocycles. The molecule has 0 aromatic rings. The number of likely N-dealkylation sites (tertiary alicyclic amines) is 2. The van der Waals surface area contributed by atoms with Crippen molar-refractivity contribution in [3.63, 3.8) is 0 Å². The summed E-state index contributed by atoms with van der Waals surface area (Å²) in [6.07, 6.45) is 9.92. The van der Waals surface area contributed by atoms with Crippen LogP contribution in [0.4, 0.5) is 0 Å². The summed E-state index contributed by atoms with van der Waals surface area (Å²) in [5.74, 6) is 0.766. The van der Waals surface area contributed by atoms with Crippen molar-refractivity contribution in [2.24, 2.45) is 5.92 Å². The van der Waals surface area contributed by atoms with E-state index in [4.69, 9.17) is 0 Å². The molecule has 2 heterocycles. The maximum atomic E-state index is 3.76. The summed E-state index contributed by atoms with van der Waals surface area (Å²) >= 11 is 0. The smallest absolute Gasteiger partial charge is 0.0243 e. The maximum Gasteiger partial charge on any atom is 0.0243 e. The highest BCUT2D eigenvalue weighted by Gasteiger charge is 2.31. The van der Waals surface area contributed by atoms with Gasteiger partial charge in [0.2, 0.25) is 0 Å². The van der Waals surface area contributed by atoms with Crippen molar-refractivity contribution >= 4 is 0 Å². The van der Waals surface area contributed by atoms with Crippen molar-refractivity contribution in [2.45, 2.75) is 76.9 Å². The molecule has 3 fully saturated rings. The molecule has 0 spiro atoms. The van der Waals surface area contributed by atoms with Gasteiger partial charge in [-0.25, -0.2) is 0 Å². The van der Waals surface area contributed by atoms with E-state index in [0.717, 1.165) is 24.0 Å². The average Bonchev–Trinajstić information content (AvgIpc) is 3.33. The average molecular weight is 293 g/mol. The number of rotatable bonds is 6. The minimum Gasteiger partial charge on any atom is -0.312 e. The van der Waals surface area contributed by atoms with E-state index in [-0.39, 0.29) is 0 Å². The van der Waals surface area contributed by atoms with Crippen LogP contribution in [0.25, 0.3) is 0 Å². The Labute approximate surface area is 131 Å². The van der Waals surface area contributed by atoms with Gasteiger partial charge in [0.05, 0.1) is 0 Å². The molecule has 1 aliphatic carbocycles. The van der Waals surface area contributed by atoms with Gasteiger partial charge in [-0.05, 0) is 70.6 Å². The first kappa shape index (κ1) is 15.8. The predicted molar refractivity (Wildman–Crippen MR) is 89.7 cm³/mol. The fourth-order valence-corrected chi connectivity index (χ4v) is 4.23. The number of nitrogens with zero attached hydrogens (tertiary/aromatic N) is 2. The second kappa shape index (κ2) is 7.43. The number of hydrogen-bond donors (Lipinski definition) is 1. The Morgan fingerprint density at radius 2 is 1.57 bits per heavy atom. The van der Waals surface area contributed by atoms with Crippen LogP contribution in [0.15, 0.2) is 0 Å². The highest BCUT2D eigenvalue weighted by atomic mass is 15.2. The molecule has 1 N–H and O–H groups in total. The first-order valence-electron chi connectivity index (χ1n) is 9.45. The highest BCUT2D eigenvalue weighted by molar-refractivity contribution is 4.89. The van der Waals surface area contributed by atoms with Gasteiger partial charge in [0, 0.05) is 24.7 Å². The molecule has 0 bridgehead atoms. The number of nitrogens with one attached hydrogen (secondary N) is 1. The van der Waals surface area contributed by atoms with E-state index in [1.165, 1.54) is 77.7 Å². The molecule has 2 aliphatic heterocycles. The summed E-state index contributed by atoms with van der Waals surface area (Å²) in [6, 6.07) is 2.47. The second-order valence-corrected chi connectivity index (χ2v) is 7.86. The molecule has 0 amide bonds. The Balaban J connectivity index is 1.45. The summed E-state index contributed by atoms with van der Waals surface area (Å²) in [5.41, 5.74) is 0. The SMILES string of the molecule is CC(C)C(CNC1CC1)N1CCC(N2CCCCC2)CC1. The lowest BCUT2D eigenvalue weighted by Gasteiger charge is -2.43. The minimum absolute atomic E-state index is 0.743. The fraction of sp³-hybridized carbons (Fsp3) is 1.00. The van der Waals surface area contributed by atoms with Gasteiger partial charge >= 0.3 is 0 Å². The first-order valence-corrected chi connectivity index (χ1v) is 9.45. The molecule has 0 radical (unpaired) electrons. The number of hydrogen-bond acceptors (Lipinski definition) is 3. The molecular formula is C18H35N3. The molecule has 122 valence electrons. The van der Waals surface area contributed by atoms with Gasteiger partial charge in [-0.3, -0.25) is 4.90 Å². The van der Waals surface area contributed by atoms with E-state index >= 15 is 0 Å². The van der Waals surface area contributed by atoms with Crippen molar-refractivity contribution in [2.75, 3.05) is 32.7 Å². The van der Waals surface area contributed by atoms with Gasteiger partial charge in [0.15, 0.2) is 0 Å². The van der Waals surface area contributed by atoms with E-state index in [9.17, 15) is 0 Å². The monoisotopic (exact) mass is 293 g/mol. The molecule has 0 aromatic carbocycles. The van der Waals surface area contributed by atoms with Crippen LogP contribution in [-0.2, 0) is 0 Å². The van der Waals surface area contributed by atoms with Crippen molar-refractivity contribution < 1.29 is 0 Å². The molecule has 2 saturated heterocycles. The summed E-state index contributed by atoms with van der Waals surface area (Å²) < 4.78 is 0. The van der Waals surface area contributed by atoms with Crippen LogP contribution in [0.1, 0.15) is 58.8 Å². The first-order chi connectivity index (χ1) is 10.2. The second-order valence-electron chi connectivity index (χ2n) is 7.86. The van der Waals surface area contributed by atoms with E-state index in [2.05, 4.69) is 29.0 Å². The van der Waals surface area contributed by atoms with Crippen molar-refractivity contribution in [3.05, 3.63) is 0 Å². The molecule has 1 unspecified atom stereocenters. The Morgan fingerprint density at radius 3 is 2.14 bits per heavy atom. The zero-order valence-electron chi connectivity index (χ0n) is 14.2. The van der Waals surface area contributed by atoms with Gasteiger partial charge in [-0.1, -0.05) is 20.3 Å². The molecule has 0 aromatic heterocycles. The van der Waals surface area contributed by atoms with Crippen molar-refractivity contribution in [1.29, 1.82) is 0 Å². The van der Waals surface area contributed by atoms with Crippen LogP contribution in [-0.4, -0.2) is 60.6 Å². The van der Waals surface area contributed by atoms with Crippen molar-refractivity contribution in [1.82, 2.24) is 15.1 Å². The zero-order chi connectivity index (χ0) is 14.7. The fourth-order valence-electron chi connectivity index (χ4n) is 4.23. The van der Waals surface area contributed by atoms with E-state index in [0.29, 0.717) is 0 Å². The van der Waals surface area contributed by atoms with E-state index in [1.54, 1.807) is 0 Å². The molecule has 3 rings (SSSR count). The maximum absolute atomic E-state index is 3.76. The Hall–Kier alpha value is -0.120. The summed E-state index contributed by atoms with van der Waals surface area (Å²) in [5, 5.41) is 3.76. The van der Waals surface area contributed by atoms with Gasteiger partial charge in [0.25, 0.3) is 0 Å². The van der Waals surface area contributed by atoms with Gasteiger partial charge in [-0.2, -0.15) is 0 Å². The van der Waals surface area contributed by atoms with Crippen LogP contribution < -0.4 is 5.32 Å². The van der Waals surface area contributed by atoms with Crippen LogP contribution in [0.3, 0.4) is 0 Å². The van der Waals surface area contributed by atoms with Crippen LogP contribution >= 0.6 is 0 Å². The lowest BCUT2D eigenvalue weighted by atomic mass is 9.95. The minimum atomic E-state index is 0.743. The molecule has 3 aliphatic rings. The van der Waals surface area contributed by atoms with E-state index < -0.39 is 0 Å². The molecule has 3 heteroatoms. The largest absolute Gasteiger partial charge is 0.312 e. The number of piperidine rings is 2. The standard InChI is InChI=1S/C18H35N3/c1-15(2)18(14-19-16-6-7-16)21-12-8-17(9-13-21)20-10-4-3-5-11-20/h15-19H,3-14H2,1-2H3. The Kier molecular flexibility index (Phi) is 5.58. The molecular weight excluding hydrogens is 258 g/mol. The Bertz CT molecular complexity index is 300. The third-order valence-electron chi connectivity index (χ3n) is 5.84.